The molecule has 0 saturated heterocycles. The number of halogens is 2. The number of carbonyl (C=O) groups is 3. The van der Waals surface area contributed by atoms with Gasteiger partial charge in [-0.3, -0.25) is 19.8 Å². The van der Waals surface area contributed by atoms with Gasteiger partial charge < -0.3 is 10.1 Å². The lowest BCUT2D eigenvalue weighted by Gasteiger charge is -2.19. The maximum atomic E-state index is 13.5. The summed E-state index contributed by atoms with van der Waals surface area (Å²) in [6, 6.07) is 3.21. The molecule has 9 heteroatoms. The number of rotatable bonds is 7. The van der Waals surface area contributed by atoms with Crippen molar-refractivity contribution in [2.45, 2.75) is 13.8 Å². The van der Waals surface area contributed by atoms with Crippen molar-refractivity contribution in [3.63, 3.8) is 0 Å². The van der Waals surface area contributed by atoms with Crippen LogP contribution in [0, 0.1) is 11.6 Å². The number of likely N-dealkylation sites (N-methyl/N-ethyl adjacent to an activating group) is 1. The molecule has 0 aliphatic carbocycles. The minimum absolute atomic E-state index is 0.118. The van der Waals surface area contributed by atoms with E-state index in [1.54, 1.807) is 13.8 Å². The lowest BCUT2D eigenvalue weighted by molar-refractivity contribution is -0.122. The molecule has 0 bridgehead atoms. The van der Waals surface area contributed by atoms with Crippen LogP contribution in [0.25, 0.3) is 0 Å². The summed E-state index contributed by atoms with van der Waals surface area (Å²) in [5, 5.41) is 4.12. The predicted octanol–water partition coefficient (Wildman–Crippen LogP) is 1.50. The maximum Gasteiger partial charge on any atom is 0.413 e. The smallest absolute Gasteiger partial charge is 0.413 e. The largest absolute Gasteiger partial charge is 0.450 e. The van der Waals surface area contributed by atoms with E-state index in [1.165, 1.54) is 11.0 Å². The molecular formula is C15H19F2N3O4. The number of hydrogen-bond acceptors (Lipinski definition) is 5. The second-order valence-electron chi connectivity index (χ2n) is 4.72. The number of anilines is 1. The highest BCUT2D eigenvalue weighted by Crippen LogP contribution is 2.17. The number of amides is 3. The van der Waals surface area contributed by atoms with Crippen LogP contribution in [-0.4, -0.2) is 49.0 Å². The SMILES string of the molecule is CCOC(=O)NC(=O)CN(CC)CC(=O)Nc1c(F)cccc1F. The molecule has 0 radical (unpaired) electrons. The van der Waals surface area contributed by atoms with E-state index >= 15 is 0 Å². The van der Waals surface area contributed by atoms with E-state index in [0.717, 1.165) is 12.1 Å². The first kappa shape index (κ1) is 19.5. The van der Waals surface area contributed by atoms with Crippen molar-refractivity contribution < 1.29 is 27.9 Å². The molecule has 1 aromatic rings. The normalized spacial score (nSPS) is 10.4. The zero-order valence-electron chi connectivity index (χ0n) is 13.4. The van der Waals surface area contributed by atoms with Gasteiger partial charge >= 0.3 is 6.09 Å². The maximum absolute atomic E-state index is 13.5. The molecule has 7 nitrogen and oxygen atoms in total. The molecule has 0 fully saturated rings. The van der Waals surface area contributed by atoms with Crippen LogP contribution in [-0.2, 0) is 14.3 Å². The standard InChI is InChI=1S/C15H19F2N3O4/c1-3-20(9-13(22)19-15(23)24-4-2)8-12(21)18-14-10(16)6-5-7-11(14)17/h5-7H,3-4,8-9H2,1-2H3,(H,18,21)(H,19,22,23). The van der Waals surface area contributed by atoms with Gasteiger partial charge in [0.2, 0.25) is 11.8 Å². The van der Waals surface area contributed by atoms with E-state index in [4.69, 9.17) is 0 Å². The van der Waals surface area contributed by atoms with Crippen LogP contribution in [0.4, 0.5) is 19.3 Å². The van der Waals surface area contributed by atoms with Crippen LogP contribution in [0.2, 0.25) is 0 Å². The summed E-state index contributed by atoms with van der Waals surface area (Å²) in [7, 11) is 0. The molecule has 0 saturated carbocycles. The highest BCUT2D eigenvalue weighted by molar-refractivity contribution is 5.94. The minimum atomic E-state index is -0.897. The van der Waals surface area contributed by atoms with Gasteiger partial charge in [0, 0.05) is 0 Å². The Kier molecular flexibility index (Phi) is 7.76. The number of carbonyl (C=O) groups excluding carboxylic acids is 3. The Morgan fingerprint density at radius 2 is 1.67 bits per heavy atom. The molecule has 2 N–H and O–H groups in total. The highest BCUT2D eigenvalue weighted by atomic mass is 19.1. The summed E-state index contributed by atoms with van der Waals surface area (Å²) in [5.41, 5.74) is -0.547. The fraction of sp³-hybridized carbons (Fsp3) is 0.400. The average Bonchev–Trinajstić information content (AvgIpc) is 2.50. The van der Waals surface area contributed by atoms with Gasteiger partial charge in [0.25, 0.3) is 0 Å². The molecule has 0 aliphatic rings. The third-order valence-corrected chi connectivity index (χ3v) is 2.93. The van der Waals surface area contributed by atoms with E-state index in [2.05, 4.69) is 10.1 Å². The van der Waals surface area contributed by atoms with Crippen molar-refractivity contribution in [2.24, 2.45) is 0 Å². The summed E-state index contributed by atoms with van der Waals surface area (Å²) in [6.45, 7) is 3.18. The van der Waals surface area contributed by atoms with Gasteiger partial charge in [-0.15, -0.1) is 0 Å². The van der Waals surface area contributed by atoms with Crippen LogP contribution in [0.1, 0.15) is 13.8 Å². The lowest BCUT2D eigenvalue weighted by atomic mass is 10.3. The third-order valence-electron chi connectivity index (χ3n) is 2.93. The number of imide groups is 1. The van der Waals surface area contributed by atoms with Crippen molar-refractivity contribution in [2.75, 3.05) is 31.6 Å². The number of hydrogen-bond donors (Lipinski definition) is 2. The van der Waals surface area contributed by atoms with E-state index in [9.17, 15) is 23.2 Å². The molecule has 0 aliphatic heterocycles. The first-order chi connectivity index (χ1) is 11.4. The fourth-order valence-corrected chi connectivity index (χ4v) is 1.80. The highest BCUT2D eigenvalue weighted by Gasteiger charge is 2.17. The molecular weight excluding hydrogens is 324 g/mol. The molecule has 0 heterocycles. The first-order valence-corrected chi connectivity index (χ1v) is 7.30. The number of para-hydroxylation sites is 1. The molecule has 3 amide bonds. The first-order valence-electron chi connectivity index (χ1n) is 7.30. The summed E-state index contributed by atoms with van der Waals surface area (Å²) in [6.07, 6.45) is -0.878. The number of nitrogens with zero attached hydrogens (tertiary/aromatic N) is 1. The summed E-state index contributed by atoms with van der Waals surface area (Å²) >= 11 is 0. The number of ether oxygens (including phenoxy) is 1. The Morgan fingerprint density at radius 1 is 1.08 bits per heavy atom. The minimum Gasteiger partial charge on any atom is -0.450 e. The summed E-state index contributed by atoms with van der Waals surface area (Å²) < 4.78 is 31.5. The van der Waals surface area contributed by atoms with Gasteiger partial charge in [-0.1, -0.05) is 13.0 Å². The molecule has 0 atom stereocenters. The lowest BCUT2D eigenvalue weighted by Crippen LogP contribution is -2.43. The van der Waals surface area contributed by atoms with Crippen molar-refractivity contribution in [3.8, 4) is 0 Å². The predicted molar refractivity (Wildman–Crippen MR) is 82.3 cm³/mol. The third kappa shape index (κ3) is 6.29. The van der Waals surface area contributed by atoms with Crippen molar-refractivity contribution in [1.29, 1.82) is 0 Å². The zero-order valence-corrected chi connectivity index (χ0v) is 13.4. The molecule has 0 spiro atoms. The molecule has 0 unspecified atom stereocenters. The van der Waals surface area contributed by atoms with Gasteiger partial charge in [0.05, 0.1) is 19.7 Å². The molecule has 0 aromatic heterocycles. The fourth-order valence-electron chi connectivity index (χ4n) is 1.80. The van der Waals surface area contributed by atoms with Crippen LogP contribution < -0.4 is 10.6 Å². The second-order valence-corrected chi connectivity index (χ2v) is 4.72. The van der Waals surface area contributed by atoms with Crippen LogP contribution >= 0.6 is 0 Å². The Hall–Kier alpha value is -2.55. The zero-order chi connectivity index (χ0) is 18.1. The van der Waals surface area contributed by atoms with E-state index in [-0.39, 0.29) is 19.7 Å². The van der Waals surface area contributed by atoms with E-state index in [0.29, 0.717) is 6.54 Å². The number of nitrogens with one attached hydrogen (secondary N) is 2. The van der Waals surface area contributed by atoms with Crippen LogP contribution in [0.3, 0.4) is 0 Å². The second kappa shape index (κ2) is 9.56. The Labute approximate surface area is 138 Å². The summed E-state index contributed by atoms with van der Waals surface area (Å²) in [4.78, 5) is 36.0. The monoisotopic (exact) mass is 343 g/mol. The number of benzene rings is 1. The Morgan fingerprint density at radius 3 is 2.21 bits per heavy atom. The van der Waals surface area contributed by atoms with Crippen LogP contribution in [0.15, 0.2) is 18.2 Å². The van der Waals surface area contributed by atoms with Crippen molar-refractivity contribution in [3.05, 3.63) is 29.8 Å². The quantitative estimate of drug-likeness (QED) is 0.783. The van der Waals surface area contributed by atoms with Gasteiger partial charge in [-0.05, 0) is 25.6 Å². The van der Waals surface area contributed by atoms with Gasteiger partial charge in [-0.25, -0.2) is 13.6 Å². The molecule has 1 rings (SSSR count). The van der Waals surface area contributed by atoms with Gasteiger partial charge in [0.15, 0.2) is 0 Å². The van der Waals surface area contributed by atoms with E-state index in [1.807, 2.05) is 5.32 Å². The van der Waals surface area contributed by atoms with E-state index < -0.39 is 35.2 Å². The van der Waals surface area contributed by atoms with Crippen molar-refractivity contribution >= 4 is 23.6 Å². The van der Waals surface area contributed by atoms with Gasteiger partial charge in [0.1, 0.15) is 17.3 Å². The van der Waals surface area contributed by atoms with Crippen molar-refractivity contribution in [1.82, 2.24) is 10.2 Å². The molecule has 132 valence electrons. The number of alkyl carbamates (subject to hydrolysis) is 1. The topological polar surface area (TPSA) is 87.7 Å². The Balaban J connectivity index is 2.57. The van der Waals surface area contributed by atoms with Gasteiger partial charge in [-0.2, -0.15) is 0 Å². The molecule has 24 heavy (non-hydrogen) atoms. The average molecular weight is 343 g/mol. The molecule has 1 aromatic carbocycles. The van der Waals surface area contributed by atoms with Crippen LogP contribution in [0.5, 0.6) is 0 Å². The Bertz CT molecular complexity index is 590. The summed E-state index contributed by atoms with van der Waals surface area (Å²) in [5.74, 6) is -3.14.